The zero-order valence-corrected chi connectivity index (χ0v) is 12.2. The third-order valence-electron chi connectivity index (χ3n) is 2.30. The highest BCUT2D eigenvalue weighted by molar-refractivity contribution is 9.13. The SMILES string of the molecule is CCNCCCCc1ccc(Br)c(Br)c1. The Labute approximate surface area is 109 Å². The van der Waals surface area contributed by atoms with Gasteiger partial charge in [-0.25, -0.2) is 0 Å². The molecule has 0 spiro atoms. The quantitative estimate of drug-likeness (QED) is 0.771. The molecule has 0 fully saturated rings. The number of aryl methyl sites for hydroxylation is 1. The smallest absolute Gasteiger partial charge is 0.0320 e. The lowest BCUT2D eigenvalue weighted by atomic mass is 10.1. The van der Waals surface area contributed by atoms with E-state index in [4.69, 9.17) is 0 Å². The summed E-state index contributed by atoms with van der Waals surface area (Å²) < 4.78 is 2.27. The maximum Gasteiger partial charge on any atom is 0.0320 e. The molecule has 0 aliphatic rings. The van der Waals surface area contributed by atoms with E-state index in [1.807, 2.05) is 0 Å². The summed E-state index contributed by atoms with van der Waals surface area (Å²) in [5.41, 5.74) is 1.40. The van der Waals surface area contributed by atoms with Crippen molar-refractivity contribution in [2.24, 2.45) is 0 Å². The van der Waals surface area contributed by atoms with Crippen LogP contribution in [-0.2, 0) is 6.42 Å². The molecule has 0 saturated heterocycles. The van der Waals surface area contributed by atoms with Crippen LogP contribution in [0.1, 0.15) is 25.3 Å². The second-order valence-corrected chi connectivity index (χ2v) is 5.27. The van der Waals surface area contributed by atoms with Crippen molar-refractivity contribution in [2.45, 2.75) is 26.2 Å². The van der Waals surface area contributed by atoms with Crippen LogP contribution in [0.5, 0.6) is 0 Å². The van der Waals surface area contributed by atoms with Crippen LogP contribution in [0.4, 0.5) is 0 Å². The molecule has 1 aromatic rings. The van der Waals surface area contributed by atoms with Gasteiger partial charge in [0.1, 0.15) is 0 Å². The van der Waals surface area contributed by atoms with Gasteiger partial charge in [0, 0.05) is 8.95 Å². The zero-order valence-electron chi connectivity index (χ0n) is 9.02. The standard InChI is InChI=1S/C12H17Br2N/c1-2-15-8-4-3-5-10-6-7-11(13)12(14)9-10/h6-7,9,15H,2-5,8H2,1H3. The van der Waals surface area contributed by atoms with Crippen molar-refractivity contribution in [1.29, 1.82) is 0 Å². The van der Waals surface area contributed by atoms with E-state index in [1.54, 1.807) is 0 Å². The fraction of sp³-hybridized carbons (Fsp3) is 0.500. The minimum absolute atomic E-state index is 1.07. The summed E-state index contributed by atoms with van der Waals surface area (Å²) in [6, 6.07) is 6.48. The Morgan fingerprint density at radius 1 is 1.13 bits per heavy atom. The Bertz CT molecular complexity index is 300. The number of halogens is 2. The van der Waals surface area contributed by atoms with Crippen molar-refractivity contribution in [3.8, 4) is 0 Å². The zero-order chi connectivity index (χ0) is 11.1. The number of benzene rings is 1. The van der Waals surface area contributed by atoms with E-state index in [-0.39, 0.29) is 0 Å². The monoisotopic (exact) mass is 333 g/mol. The number of nitrogens with one attached hydrogen (secondary N) is 1. The van der Waals surface area contributed by atoms with Crippen LogP contribution < -0.4 is 5.32 Å². The number of unbranched alkanes of at least 4 members (excludes halogenated alkanes) is 1. The van der Waals surface area contributed by atoms with Gasteiger partial charge in [0.25, 0.3) is 0 Å². The molecule has 0 atom stereocenters. The normalized spacial score (nSPS) is 10.6. The third-order valence-corrected chi connectivity index (χ3v) is 4.18. The van der Waals surface area contributed by atoms with Crippen LogP contribution >= 0.6 is 31.9 Å². The fourth-order valence-electron chi connectivity index (χ4n) is 1.45. The third kappa shape index (κ3) is 5.14. The largest absolute Gasteiger partial charge is 0.317 e. The Hall–Kier alpha value is 0.140. The van der Waals surface area contributed by atoms with E-state index in [9.17, 15) is 0 Å². The van der Waals surface area contributed by atoms with Crippen molar-refractivity contribution in [3.63, 3.8) is 0 Å². The summed E-state index contributed by atoms with van der Waals surface area (Å²) in [6.07, 6.45) is 3.67. The maximum absolute atomic E-state index is 3.52. The van der Waals surface area contributed by atoms with Crippen LogP contribution in [0, 0.1) is 0 Å². The van der Waals surface area contributed by atoms with Crippen LogP contribution in [0.15, 0.2) is 27.1 Å². The van der Waals surface area contributed by atoms with Gasteiger partial charge in [0.05, 0.1) is 0 Å². The second-order valence-electron chi connectivity index (χ2n) is 3.56. The van der Waals surface area contributed by atoms with Crippen molar-refractivity contribution < 1.29 is 0 Å². The summed E-state index contributed by atoms with van der Waals surface area (Å²) in [7, 11) is 0. The first-order chi connectivity index (χ1) is 7.24. The molecule has 0 aliphatic heterocycles. The molecule has 3 heteroatoms. The van der Waals surface area contributed by atoms with Gasteiger partial charge in [-0.2, -0.15) is 0 Å². The van der Waals surface area contributed by atoms with Crippen molar-refractivity contribution in [2.75, 3.05) is 13.1 Å². The topological polar surface area (TPSA) is 12.0 Å². The van der Waals surface area contributed by atoms with Gasteiger partial charge in [0.15, 0.2) is 0 Å². The van der Waals surface area contributed by atoms with Gasteiger partial charge >= 0.3 is 0 Å². The Balaban J connectivity index is 2.28. The molecule has 0 unspecified atom stereocenters. The fourth-order valence-corrected chi connectivity index (χ4v) is 2.12. The van der Waals surface area contributed by atoms with Gasteiger partial charge < -0.3 is 5.32 Å². The molecule has 15 heavy (non-hydrogen) atoms. The predicted molar refractivity (Wildman–Crippen MR) is 73.3 cm³/mol. The van der Waals surface area contributed by atoms with Gasteiger partial charge in [-0.05, 0) is 81.9 Å². The summed E-state index contributed by atoms with van der Waals surface area (Å²) in [5, 5.41) is 3.34. The highest BCUT2D eigenvalue weighted by atomic mass is 79.9. The van der Waals surface area contributed by atoms with Gasteiger partial charge in [-0.15, -0.1) is 0 Å². The molecule has 1 rings (SSSR count). The minimum atomic E-state index is 1.07. The lowest BCUT2D eigenvalue weighted by molar-refractivity contribution is 0.641. The van der Waals surface area contributed by atoms with Crippen LogP contribution in [0.3, 0.4) is 0 Å². The summed E-state index contributed by atoms with van der Waals surface area (Å²) in [5.74, 6) is 0. The summed E-state index contributed by atoms with van der Waals surface area (Å²) in [4.78, 5) is 0. The lowest BCUT2D eigenvalue weighted by Gasteiger charge is -2.04. The molecule has 0 bridgehead atoms. The van der Waals surface area contributed by atoms with Crippen molar-refractivity contribution in [3.05, 3.63) is 32.7 Å². The highest BCUT2D eigenvalue weighted by Gasteiger charge is 1.98. The molecular weight excluding hydrogens is 318 g/mol. The van der Waals surface area contributed by atoms with E-state index in [2.05, 4.69) is 62.3 Å². The summed E-state index contributed by atoms with van der Waals surface area (Å²) >= 11 is 7.00. The molecule has 84 valence electrons. The summed E-state index contributed by atoms with van der Waals surface area (Å²) in [6.45, 7) is 4.35. The van der Waals surface area contributed by atoms with Crippen molar-refractivity contribution >= 4 is 31.9 Å². The van der Waals surface area contributed by atoms with E-state index in [0.717, 1.165) is 28.5 Å². The van der Waals surface area contributed by atoms with Crippen LogP contribution in [0.2, 0.25) is 0 Å². The lowest BCUT2D eigenvalue weighted by Crippen LogP contribution is -2.13. The van der Waals surface area contributed by atoms with Gasteiger partial charge in [-0.3, -0.25) is 0 Å². The first-order valence-corrected chi connectivity index (χ1v) is 6.97. The molecule has 0 radical (unpaired) electrons. The van der Waals surface area contributed by atoms with E-state index >= 15 is 0 Å². The first-order valence-electron chi connectivity index (χ1n) is 5.38. The molecule has 1 nitrogen and oxygen atoms in total. The first kappa shape index (κ1) is 13.2. The predicted octanol–water partition coefficient (Wildman–Crippen LogP) is 4.14. The van der Waals surface area contributed by atoms with Crippen LogP contribution in [-0.4, -0.2) is 13.1 Å². The molecular formula is C12H17Br2N. The van der Waals surface area contributed by atoms with Gasteiger partial charge in [0.2, 0.25) is 0 Å². The average Bonchev–Trinajstić information content (AvgIpc) is 2.23. The molecule has 0 aliphatic carbocycles. The minimum Gasteiger partial charge on any atom is -0.317 e. The molecule has 0 saturated carbocycles. The van der Waals surface area contributed by atoms with E-state index in [0.29, 0.717) is 0 Å². The van der Waals surface area contributed by atoms with E-state index in [1.165, 1.54) is 18.4 Å². The maximum atomic E-state index is 3.52. The molecule has 0 amide bonds. The second kappa shape index (κ2) is 7.42. The van der Waals surface area contributed by atoms with Gasteiger partial charge in [-0.1, -0.05) is 13.0 Å². The number of hydrogen-bond donors (Lipinski definition) is 1. The Kier molecular flexibility index (Phi) is 6.53. The average molecular weight is 335 g/mol. The number of hydrogen-bond acceptors (Lipinski definition) is 1. The van der Waals surface area contributed by atoms with Crippen molar-refractivity contribution in [1.82, 2.24) is 5.32 Å². The molecule has 0 heterocycles. The molecule has 0 aromatic heterocycles. The Morgan fingerprint density at radius 2 is 1.93 bits per heavy atom. The Morgan fingerprint density at radius 3 is 2.60 bits per heavy atom. The highest BCUT2D eigenvalue weighted by Crippen LogP contribution is 2.24. The van der Waals surface area contributed by atoms with E-state index < -0.39 is 0 Å². The molecule has 1 aromatic carbocycles. The molecule has 1 N–H and O–H groups in total. The number of rotatable bonds is 6. The van der Waals surface area contributed by atoms with Crippen LogP contribution in [0.25, 0.3) is 0 Å².